The molecule has 0 unspecified atom stereocenters. The summed E-state index contributed by atoms with van der Waals surface area (Å²) in [6.07, 6.45) is -0.167. The zero-order valence-corrected chi connectivity index (χ0v) is 12.8. The van der Waals surface area contributed by atoms with Crippen molar-refractivity contribution in [3.63, 3.8) is 0 Å². The van der Waals surface area contributed by atoms with E-state index in [4.69, 9.17) is 28.3 Å². The normalized spacial score (nSPS) is 8.79. The molecule has 14 heavy (non-hydrogen) atoms. The van der Waals surface area contributed by atoms with Gasteiger partial charge < -0.3 is 5.11 Å². The Hall–Kier alpha value is 1.01. The maximum absolute atomic E-state index is 8.06. The van der Waals surface area contributed by atoms with Crippen LogP contribution in [0.15, 0.2) is 18.2 Å². The molecular weight excluding hydrogens is 299 g/mol. The highest BCUT2D eigenvalue weighted by atomic mass is 79.9. The molecular formula is C9H12BrCl2MgO+2. The van der Waals surface area contributed by atoms with Gasteiger partial charge in [0, 0.05) is 28.3 Å². The number of rotatable bonds is 0. The van der Waals surface area contributed by atoms with Gasteiger partial charge in [-0.25, -0.2) is 0 Å². The van der Waals surface area contributed by atoms with Gasteiger partial charge in [-0.1, -0.05) is 23.2 Å². The van der Waals surface area contributed by atoms with Crippen molar-refractivity contribution in [2.24, 2.45) is 0 Å². The van der Waals surface area contributed by atoms with Gasteiger partial charge >= 0.3 is 25.4 Å². The van der Waals surface area contributed by atoms with Crippen molar-refractivity contribution >= 4 is 65.6 Å². The minimum absolute atomic E-state index is 0. The molecule has 1 nitrogen and oxygen atoms in total. The van der Waals surface area contributed by atoms with E-state index in [1.165, 1.54) is 0 Å². The van der Waals surface area contributed by atoms with E-state index < -0.39 is 0 Å². The Kier molecular flexibility index (Phi) is 11.5. The molecule has 1 rings (SSSR count). The van der Waals surface area contributed by atoms with Crippen molar-refractivity contribution < 1.29 is 5.11 Å². The van der Waals surface area contributed by atoms with Crippen molar-refractivity contribution in [3.8, 4) is 0 Å². The summed E-state index contributed by atoms with van der Waals surface area (Å²) in [6, 6.07) is 5.48. The van der Waals surface area contributed by atoms with Gasteiger partial charge in [0.15, 0.2) is 0 Å². The molecule has 0 aliphatic rings. The van der Waals surface area contributed by atoms with Crippen LogP contribution in [-0.2, 0) is 0 Å². The molecule has 75 valence electrons. The fourth-order valence-corrected chi connectivity index (χ4v) is 1.88. The van der Waals surface area contributed by atoms with Crippen LogP contribution in [0.5, 0.6) is 0 Å². The predicted molar refractivity (Wildman–Crippen MR) is 69.5 cm³/mol. The molecule has 0 aliphatic carbocycles. The molecule has 0 fully saturated rings. The number of benzene rings is 1. The Morgan fingerprint density at radius 2 is 1.43 bits per heavy atom. The second-order valence-electron chi connectivity index (χ2n) is 2.87. The summed E-state index contributed by atoms with van der Waals surface area (Å²) in [4.78, 5) is 0. The van der Waals surface area contributed by atoms with Crippen LogP contribution in [-0.4, -0.2) is 32.9 Å². The standard InChI is InChI=1S/C6H3Cl2.C3H8O.BrH.Mg/c7-5-2-1-3-6(8)4-5;1-3(2)4;;/h2-4H;3-4H,1-2H3;1H;/q;;;+2. The van der Waals surface area contributed by atoms with Crippen molar-refractivity contribution in [2.45, 2.75) is 20.0 Å². The first kappa shape index (κ1) is 17.4. The fourth-order valence-electron chi connectivity index (χ4n) is 0.611. The van der Waals surface area contributed by atoms with Crippen molar-refractivity contribution in [1.29, 1.82) is 0 Å². The maximum atomic E-state index is 8.06. The Morgan fingerprint density at radius 1 is 1.14 bits per heavy atom. The van der Waals surface area contributed by atoms with E-state index in [0.717, 1.165) is 3.69 Å². The molecule has 0 heterocycles. The molecule has 1 N–H and O–H groups in total. The van der Waals surface area contributed by atoms with E-state index in [1.54, 1.807) is 41.6 Å². The Morgan fingerprint density at radius 3 is 1.64 bits per heavy atom. The summed E-state index contributed by atoms with van der Waals surface area (Å²) in [5, 5.41) is 9.46. The number of aliphatic hydroxyl groups is 1. The SMILES string of the molecule is Br.CC(C)O.[Mg+2][c]1cc(Cl)cc(Cl)c1. The van der Waals surface area contributed by atoms with Gasteiger partial charge in [-0.2, -0.15) is 0 Å². The number of hydrogen-bond donors (Lipinski definition) is 1. The lowest BCUT2D eigenvalue weighted by Gasteiger charge is -1.83. The van der Waals surface area contributed by atoms with E-state index in [9.17, 15) is 0 Å². The first-order valence-electron chi connectivity index (χ1n) is 3.88. The monoisotopic (exact) mass is 309 g/mol. The van der Waals surface area contributed by atoms with Gasteiger partial charge in [-0.3, -0.25) is 0 Å². The lowest BCUT2D eigenvalue weighted by atomic mass is 10.4. The molecule has 0 saturated heterocycles. The van der Waals surface area contributed by atoms with Crippen LogP contribution in [0.3, 0.4) is 0 Å². The minimum atomic E-state index is -0.167. The summed E-state index contributed by atoms with van der Waals surface area (Å²) < 4.78 is 1.12. The highest BCUT2D eigenvalue weighted by Crippen LogP contribution is 2.12. The predicted octanol–water partition coefficient (Wildman–Crippen LogP) is 2.75. The third-order valence-corrected chi connectivity index (χ3v) is 1.77. The minimum Gasteiger partial charge on any atom is -0.394 e. The van der Waals surface area contributed by atoms with Crippen LogP contribution >= 0.6 is 40.2 Å². The van der Waals surface area contributed by atoms with E-state index in [1.807, 2.05) is 12.1 Å². The third-order valence-electron chi connectivity index (χ3n) is 0.922. The Labute approximate surface area is 118 Å². The largest absolute Gasteiger partial charge is 1.47 e. The number of halogens is 3. The van der Waals surface area contributed by atoms with Gasteiger partial charge in [0.25, 0.3) is 0 Å². The zero-order valence-electron chi connectivity index (χ0n) is 8.13. The molecule has 0 saturated carbocycles. The van der Waals surface area contributed by atoms with Crippen LogP contribution in [0.2, 0.25) is 10.0 Å². The topological polar surface area (TPSA) is 20.2 Å². The third kappa shape index (κ3) is 11.1. The van der Waals surface area contributed by atoms with E-state index in [2.05, 4.69) is 0 Å². The molecule has 1 aromatic rings. The van der Waals surface area contributed by atoms with Crippen molar-refractivity contribution in [3.05, 3.63) is 28.2 Å². The number of hydrogen-bond acceptors (Lipinski definition) is 1. The van der Waals surface area contributed by atoms with Gasteiger partial charge in [0.05, 0.1) is 0 Å². The Balaban J connectivity index is 0. The molecule has 0 bridgehead atoms. The lowest BCUT2D eigenvalue weighted by Crippen LogP contribution is -1.99. The van der Waals surface area contributed by atoms with Crippen LogP contribution in [0.25, 0.3) is 0 Å². The Bertz CT molecular complexity index is 216. The first-order valence-corrected chi connectivity index (χ1v) is 5.34. The van der Waals surface area contributed by atoms with Gasteiger partial charge in [-0.15, -0.1) is 17.0 Å². The van der Waals surface area contributed by atoms with E-state index >= 15 is 0 Å². The maximum Gasteiger partial charge on any atom is 1.47 e. The quantitative estimate of drug-likeness (QED) is 0.731. The van der Waals surface area contributed by atoms with Crippen LogP contribution < -0.4 is 3.69 Å². The van der Waals surface area contributed by atoms with Crippen LogP contribution in [0.4, 0.5) is 0 Å². The summed E-state index contributed by atoms with van der Waals surface area (Å²) in [5.41, 5.74) is 0. The number of aliphatic hydroxyl groups excluding tert-OH is 1. The molecule has 0 spiro atoms. The molecule has 0 aliphatic heterocycles. The summed E-state index contributed by atoms with van der Waals surface area (Å²) in [7, 11) is 0. The van der Waals surface area contributed by atoms with Gasteiger partial charge in [0.2, 0.25) is 0 Å². The second kappa shape index (κ2) is 9.25. The lowest BCUT2D eigenvalue weighted by molar-refractivity contribution is 0.216. The summed E-state index contributed by atoms with van der Waals surface area (Å²) in [5.74, 6) is 0. The first-order chi connectivity index (χ1) is 5.91. The fraction of sp³-hybridized carbons (Fsp3) is 0.333. The highest BCUT2D eigenvalue weighted by Gasteiger charge is 2.31. The highest BCUT2D eigenvalue weighted by molar-refractivity contribution is 8.93. The smallest absolute Gasteiger partial charge is 0.394 e. The molecule has 7 radical (unpaired) electrons. The van der Waals surface area contributed by atoms with Gasteiger partial charge in [0.1, 0.15) is 0 Å². The van der Waals surface area contributed by atoms with Gasteiger partial charge in [-0.05, 0) is 19.9 Å². The van der Waals surface area contributed by atoms with E-state index in [-0.39, 0.29) is 23.1 Å². The molecule has 1 aromatic carbocycles. The molecule has 0 aromatic heterocycles. The molecule has 0 atom stereocenters. The van der Waals surface area contributed by atoms with Crippen LogP contribution in [0.1, 0.15) is 13.8 Å². The summed E-state index contributed by atoms with van der Waals surface area (Å²) >= 11 is 13.1. The average Bonchev–Trinajstić information content (AvgIpc) is 1.80. The van der Waals surface area contributed by atoms with Crippen LogP contribution in [0, 0.1) is 0 Å². The van der Waals surface area contributed by atoms with E-state index in [0.29, 0.717) is 10.0 Å². The average molecular weight is 311 g/mol. The molecule has 0 amide bonds. The molecule has 5 heteroatoms. The second-order valence-corrected chi connectivity index (χ2v) is 4.56. The van der Waals surface area contributed by atoms with Crippen molar-refractivity contribution in [2.75, 3.05) is 0 Å². The zero-order chi connectivity index (χ0) is 10.4. The summed E-state index contributed by atoms with van der Waals surface area (Å²) in [6.45, 7) is 3.44. The van der Waals surface area contributed by atoms with Crippen molar-refractivity contribution in [1.82, 2.24) is 0 Å².